The summed E-state index contributed by atoms with van der Waals surface area (Å²) in [7, 11) is -0.533. The first-order chi connectivity index (χ1) is 22.4. The van der Waals surface area contributed by atoms with Crippen LogP contribution in [0.2, 0.25) is 0 Å². The van der Waals surface area contributed by atoms with Crippen LogP contribution in [0.4, 0.5) is 5.69 Å². The topological polar surface area (TPSA) is 44.5 Å². The van der Waals surface area contributed by atoms with Gasteiger partial charge in [0.15, 0.2) is 0 Å². The third kappa shape index (κ3) is 6.49. The zero-order valence-corrected chi connectivity index (χ0v) is 30.4. The van der Waals surface area contributed by atoms with E-state index in [2.05, 4.69) is 172 Å². The molecule has 0 unspecified atom stereocenters. The van der Waals surface area contributed by atoms with E-state index in [1.807, 2.05) is 6.07 Å². The number of anilines is 1. The molecule has 5 aromatic carbocycles. The molecule has 0 saturated carbocycles. The molecule has 0 aromatic heterocycles. The fourth-order valence-corrected chi connectivity index (χ4v) is 6.41. The molecule has 5 aromatic rings. The Hall–Kier alpha value is -4.12. The van der Waals surface area contributed by atoms with Crippen LogP contribution in [0, 0.1) is 0 Å². The van der Waals surface area contributed by atoms with E-state index in [1.165, 1.54) is 33.4 Å². The van der Waals surface area contributed by atoms with Crippen molar-refractivity contribution in [3.8, 4) is 44.5 Å². The van der Waals surface area contributed by atoms with E-state index in [1.54, 1.807) is 0 Å². The molecule has 2 N–H and O–H groups in total. The van der Waals surface area contributed by atoms with Gasteiger partial charge in [-0.15, -0.1) is 0 Å². The van der Waals surface area contributed by atoms with Crippen molar-refractivity contribution in [3.05, 3.63) is 120 Å². The predicted octanol–water partition coefficient (Wildman–Crippen LogP) is 10.8. The highest BCUT2D eigenvalue weighted by Gasteiger charge is 2.52. The summed E-state index contributed by atoms with van der Waals surface area (Å²) in [6.07, 6.45) is 0. The molecule has 1 aliphatic rings. The Morgan fingerprint density at radius 2 is 0.750 bits per heavy atom. The summed E-state index contributed by atoms with van der Waals surface area (Å²) >= 11 is 0. The highest BCUT2D eigenvalue weighted by atomic mass is 16.7. The molecule has 4 heteroatoms. The van der Waals surface area contributed by atoms with E-state index in [0.29, 0.717) is 0 Å². The van der Waals surface area contributed by atoms with Gasteiger partial charge in [-0.05, 0) is 100 Å². The standard InChI is InChI=1S/C44H50BNO2/c1-41(2,3)35-23-19-31(20-24-35)29-11-15-33(16-12-29)39-37(45-47-43(7,8)44(9,10)48-45)27-28-38(46)40(39)34-17-13-30(14-18-34)32-21-25-36(26-22-32)42(4,5)6/h11-28H,46H2,1-10H3. The number of hydrogen-bond donors (Lipinski definition) is 1. The van der Waals surface area contributed by atoms with Crippen molar-refractivity contribution < 1.29 is 9.31 Å². The third-order valence-corrected chi connectivity index (χ3v) is 10.3. The van der Waals surface area contributed by atoms with Crippen LogP contribution in [0.25, 0.3) is 44.5 Å². The van der Waals surface area contributed by atoms with E-state index in [9.17, 15) is 0 Å². The van der Waals surface area contributed by atoms with Crippen LogP contribution in [0.3, 0.4) is 0 Å². The summed E-state index contributed by atoms with van der Waals surface area (Å²) in [6, 6.07) is 39.4. The van der Waals surface area contributed by atoms with Crippen molar-refractivity contribution in [2.75, 3.05) is 5.73 Å². The Balaban J connectivity index is 1.43. The van der Waals surface area contributed by atoms with Crippen molar-refractivity contribution in [1.29, 1.82) is 0 Å². The number of nitrogens with two attached hydrogens (primary N) is 1. The lowest BCUT2D eigenvalue weighted by Crippen LogP contribution is -2.41. The SMILES string of the molecule is CC(C)(C)c1ccc(-c2ccc(-c3c(N)ccc(B4OC(C)(C)C(C)(C)O4)c3-c3ccc(-c4ccc(C(C)(C)C)cc4)cc3)cc2)cc1. The maximum atomic E-state index is 6.86. The highest BCUT2D eigenvalue weighted by Crippen LogP contribution is 2.41. The second-order valence-corrected chi connectivity index (χ2v) is 16.4. The molecular formula is C44H50BNO2. The zero-order chi connectivity index (χ0) is 34.6. The van der Waals surface area contributed by atoms with Crippen LogP contribution in [0.1, 0.15) is 80.4 Å². The summed E-state index contributed by atoms with van der Waals surface area (Å²) in [5, 5.41) is 0. The third-order valence-electron chi connectivity index (χ3n) is 10.3. The first kappa shape index (κ1) is 33.8. The van der Waals surface area contributed by atoms with E-state index in [4.69, 9.17) is 15.0 Å². The van der Waals surface area contributed by atoms with E-state index in [-0.39, 0.29) is 10.8 Å². The Kier molecular flexibility index (Phi) is 8.51. The fourth-order valence-electron chi connectivity index (χ4n) is 6.41. The fraction of sp³-hybridized carbons (Fsp3) is 0.318. The van der Waals surface area contributed by atoms with E-state index < -0.39 is 18.3 Å². The summed E-state index contributed by atoms with van der Waals surface area (Å²) < 4.78 is 13.2. The minimum absolute atomic E-state index is 0.116. The van der Waals surface area contributed by atoms with Gasteiger partial charge < -0.3 is 15.0 Å². The summed E-state index contributed by atoms with van der Waals surface area (Å²) in [5.74, 6) is 0. The lowest BCUT2D eigenvalue weighted by atomic mass is 9.71. The molecule has 0 atom stereocenters. The van der Waals surface area contributed by atoms with Gasteiger partial charge in [0.1, 0.15) is 0 Å². The van der Waals surface area contributed by atoms with Crippen LogP contribution in [0.5, 0.6) is 0 Å². The predicted molar refractivity (Wildman–Crippen MR) is 206 cm³/mol. The Morgan fingerprint density at radius 3 is 1.10 bits per heavy atom. The molecule has 3 nitrogen and oxygen atoms in total. The number of hydrogen-bond acceptors (Lipinski definition) is 3. The molecule has 0 amide bonds. The van der Waals surface area contributed by atoms with Gasteiger partial charge >= 0.3 is 7.12 Å². The van der Waals surface area contributed by atoms with Gasteiger partial charge in [0.05, 0.1) is 11.2 Å². The Morgan fingerprint density at radius 1 is 0.438 bits per heavy atom. The number of benzene rings is 5. The van der Waals surface area contributed by atoms with E-state index >= 15 is 0 Å². The monoisotopic (exact) mass is 635 g/mol. The minimum atomic E-state index is -0.533. The second-order valence-electron chi connectivity index (χ2n) is 16.4. The lowest BCUT2D eigenvalue weighted by Gasteiger charge is -2.32. The van der Waals surface area contributed by atoms with Crippen LogP contribution >= 0.6 is 0 Å². The molecule has 1 saturated heterocycles. The molecule has 0 bridgehead atoms. The summed E-state index contributed by atoms with van der Waals surface area (Å²) in [4.78, 5) is 0. The largest absolute Gasteiger partial charge is 0.495 e. The van der Waals surface area contributed by atoms with Gasteiger partial charge in [0, 0.05) is 11.3 Å². The Labute approximate surface area is 288 Å². The Bertz CT molecular complexity index is 1890. The van der Waals surface area contributed by atoms with Crippen LogP contribution in [-0.4, -0.2) is 18.3 Å². The molecule has 1 fully saturated rings. The summed E-state index contributed by atoms with van der Waals surface area (Å²) in [6.45, 7) is 21.8. The van der Waals surface area contributed by atoms with Crippen molar-refractivity contribution in [1.82, 2.24) is 0 Å². The second kappa shape index (κ2) is 12.1. The van der Waals surface area contributed by atoms with E-state index in [0.717, 1.165) is 33.4 Å². The van der Waals surface area contributed by atoms with Gasteiger partial charge in [-0.1, -0.05) is 145 Å². The van der Waals surface area contributed by atoms with Gasteiger partial charge in [0.2, 0.25) is 0 Å². The molecule has 0 radical (unpaired) electrons. The number of rotatable bonds is 5. The molecule has 1 aliphatic heterocycles. The van der Waals surface area contributed by atoms with Crippen molar-refractivity contribution in [2.24, 2.45) is 0 Å². The molecular weight excluding hydrogens is 585 g/mol. The normalized spacial score (nSPS) is 15.9. The molecule has 1 heterocycles. The smallest absolute Gasteiger partial charge is 0.399 e. The maximum Gasteiger partial charge on any atom is 0.495 e. The van der Waals surface area contributed by atoms with Crippen molar-refractivity contribution in [2.45, 2.75) is 91.3 Å². The lowest BCUT2D eigenvalue weighted by molar-refractivity contribution is 0.00578. The maximum absolute atomic E-state index is 6.86. The molecule has 48 heavy (non-hydrogen) atoms. The average molecular weight is 636 g/mol. The molecule has 246 valence electrons. The molecule has 6 rings (SSSR count). The van der Waals surface area contributed by atoms with Gasteiger partial charge in [-0.2, -0.15) is 0 Å². The first-order valence-corrected chi connectivity index (χ1v) is 17.2. The minimum Gasteiger partial charge on any atom is -0.399 e. The van der Waals surface area contributed by atoms with Crippen molar-refractivity contribution >= 4 is 18.3 Å². The van der Waals surface area contributed by atoms with Crippen LogP contribution in [0.15, 0.2) is 109 Å². The van der Waals surface area contributed by atoms with Crippen LogP contribution < -0.4 is 11.2 Å². The number of nitrogen functional groups attached to an aromatic ring is 1. The summed E-state index contributed by atoms with van der Waals surface area (Å²) in [5.41, 5.74) is 19.4. The van der Waals surface area contributed by atoms with Crippen LogP contribution in [-0.2, 0) is 20.1 Å². The highest BCUT2D eigenvalue weighted by molar-refractivity contribution is 6.64. The zero-order valence-electron chi connectivity index (χ0n) is 30.4. The van der Waals surface area contributed by atoms with Gasteiger partial charge in [-0.3, -0.25) is 0 Å². The average Bonchev–Trinajstić information content (AvgIpc) is 3.26. The first-order valence-electron chi connectivity index (χ1n) is 17.2. The van der Waals surface area contributed by atoms with Crippen molar-refractivity contribution in [3.63, 3.8) is 0 Å². The quantitative estimate of drug-likeness (QED) is 0.154. The molecule has 0 spiro atoms. The van der Waals surface area contributed by atoms with Gasteiger partial charge in [-0.25, -0.2) is 0 Å². The molecule has 0 aliphatic carbocycles. The van der Waals surface area contributed by atoms with Gasteiger partial charge in [0.25, 0.3) is 0 Å².